The number of rotatable bonds is 5. The van der Waals surface area contributed by atoms with Crippen LogP contribution in [-0.2, 0) is 10.0 Å². The maximum atomic E-state index is 13.2. The first-order valence-electron chi connectivity index (χ1n) is 8.03. The van der Waals surface area contributed by atoms with Crippen molar-refractivity contribution in [1.82, 2.24) is 0 Å². The van der Waals surface area contributed by atoms with Crippen LogP contribution < -0.4 is 4.31 Å². The third-order valence-corrected chi connectivity index (χ3v) is 6.55. The van der Waals surface area contributed by atoms with E-state index in [-0.39, 0.29) is 4.90 Å². The van der Waals surface area contributed by atoms with Gasteiger partial charge >= 0.3 is 0 Å². The minimum Gasteiger partial charge on any atom is -0.238 e. The summed E-state index contributed by atoms with van der Waals surface area (Å²) >= 11 is 6.75. The lowest BCUT2D eigenvalue weighted by Gasteiger charge is -2.20. The monoisotopic (exact) mass is 506 g/mol. The molecule has 27 heavy (non-hydrogen) atoms. The molecule has 0 atom stereocenters. The average molecular weight is 508 g/mol. The number of hydrogen-bond donors (Lipinski definition) is 0. The van der Waals surface area contributed by atoms with E-state index >= 15 is 0 Å². The predicted octanol–water partition coefficient (Wildman–Crippen LogP) is 6.08. The molecule has 0 N–H and O–H groups in total. The van der Waals surface area contributed by atoms with Crippen molar-refractivity contribution >= 4 is 59.6 Å². The van der Waals surface area contributed by atoms with E-state index in [1.807, 2.05) is 19.1 Å². The van der Waals surface area contributed by atoms with Crippen molar-refractivity contribution in [2.24, 2.45) is 4.99 Å². The Morgan fingerprint density at radius 3 is 1.89 bits per heavy atom. The zero-order chi connectivity index (χ0) is 19.4. The third kappa shape index (κ3) is 4.86. The Hall–Kier alpha value is -1.96. The van der Waals surface area contributed by atoms with Gasteiger partial charge in [0.2, 0.25) is 0 Å². The first-order valence-corrected chi connectivity index (χ1v) is 11.1. The normalized spacial score (nSPS) is 11.7. The van der Waals surface area contributed by atoms with Crippen molar-refractivity contribution in [3.8, 4) is 0 Å². The number of nitrogens with zero attached hydrogens (tertiary/aromatic N) is 2. The van der Waals surface area contributed by atoms with E-state index in [1.165, 1.54) is 10.6 Å². The van der Waals surface area contributed by atoms with Gasteiger partial charge in [0.25, 0.3) is 10.0 Å². The van der Waals surface area contributed by atoms with Crippen molar-refractivity contribution < 1.29 is 8.42 Å². The molecule has 0 amide bonds. The Kier molecular flexibility index (Phi) is 6.14. The summed E-state index contributed by atoms with van der Waals surface area (Å²) < 4.78 is 29.4. The van der Waals surface area contributed by atoms with Crippen LogP contribution in [0.15, 0.2) is 91.6 Å². The van der Waals surface area contributed by atoms with Crippen LogP contribution in [0.2, 0.25) is 0 Å². The first kappa shape index (κ1) is 19.8. The van der Waals surface area contributed by atoms with Crippen LogP contribution in [0.1, 0.15) is 5.56 Å². The lowest BCUT2D eigenvalue weighted by molar-refractivity contribution is 0.597. The van der Waals surface area contributed by atoms with E-state index < -0.39 is 10.0 Å². The highest BCUT2D eigenvalue weighted by Gasteiger charge is 2.23. The maximum absolute atomic E-state index is 13.2. The molecule has 0 aromatic heterocycles. The molecule has 0 bridgehead atoms. The summed E-state index contributed by atoms with van der Waals surface area (Å²) in [4.78, 5) is 4.55. The summed E-state index contributed by atoms with van der Waals surface area (Å²) in [5.41, 5.74) is 2.15. The number of aliphatic imine (C=N–C) groups is 1. The summed E-state index contributed by atoms with van der Waals surface area (Å²) in [6.45, 7) is 1.91. The van der Waals surface area contributed by atoms with Gasteiger partial charge in [0, 0.05) is 8.95 Å². The molecule has 138 valence electrons. The summed E-state index contributed by atoms with van der Waals surface area (Å²) in [5, 5.41) is 0. The van der Waals surface area contributed by atoms with Crippen LogP contribution in [0.4, 0.5) is 11.4 Å². The average Bonchev–Trinajstić information content (AvgIpc) is 2.65. The molecule has 0 aliphatic rings. The largest absolute Gasteiger partial charge is 0.269 e. The molecule has 0 fully saturated rings. The van der Waals surface area contributed by atoms with Crippen LogP contribution in [0.5, 0.6) is 0 Å². The smallest absolute Gasteiger partial charge is 0.238 e. The zero-order valence-corrected chi connectivity index (χ0v) is 18.4. The number of aryl methyl sites for hydroxylation is 1. The molecule has 0 spiro atoms. The molecular formula is C20H16Br2N2O2S. The van der Waals surface area contributed by atoms with Gasteiger partial charge in [0.15, 0.2) is 0 Å². The molecule has 0 unspecified atom stereocenters. The minimum absolute atomic E-state index is 0.207. The van der Waals surface area contributed by atoms with Crippen LogP contribution in [-0.4, -0.2) is 14.8 Å². The summed E-state index contributed by atoms with van der Waals surface area (Å²) in [5.74, 6) is 0. The Morgan fingerprint density at radius 1 is 0.815 bits per heavy atom. The van der Waals surface area contributed by atoms with Gasteiger partial charge in [-0.2, -0.15) is 0 Å². The van der Waals surface area contributed by atoms with Crippen molar-refractivity contribution in [2.75, 3.05) is 4.31 Å². The van der Waals surface area contributed by atoms with Crippen LogP contribution >= 0.6 is 31.9 Å². The van der Waals surface area contributed by atoms with Crippen molar-refractivity contribution in [3.63, 3.8) is 0 Å². The Bertz CT molecular complexity index is 1050. The Labute approximate surface area is 175 Å². The number of benzene rings is 3. The molecule has 3 aromatic carbocycles. The standard InChI is InChI=1S/C20H16Br2N2O2S/c1-15-2-12-20(13-3-15)27(25,26)24(19-10-6-17(22)7-11-19)14-23-18-8-4-16(21)5-9-18/h2-14H,1H3. The lowest BCUT2D eigenvalue weighted by atomic mass is 10.2. The number of sulfonamides is 1. The van der Waals surface area contributed by atoms with E-state index in [0.29, 0.717) is 11.4 Å². The molecule has 4 nitrogen and oxygen atoms in total. The van der Waals surface area contributed by atoms with Gasteiger partial charge < -0.3 is 0 Å². The van der Waals surface area contributed by atoms with Crippen LogP contribution in [0, 0.1) is 6.92 Å². The summed E-state index contributed by atoms with van der Waals surface area (Å²) in [6.07, 6.45) is 1.33. The van der Waals surface area contributed by atoms with Gasteiger partial charge in [0.05, 0.1) is 16.3 Å². The van der Waals surface area contributed by atoms with Crippen molar-refractivity contribution in [2.45, 2.75) is 11.8 Å². The molecule has 0 heterocycles. The number of hydrogen-bond acceptors (Lipinski definition) is 3. The van der Waals surface area contributed by atoms with Gasteiger partial charge in [-0.25, -0.2) is 17.7 Å². The molecule has 7 heteroatoms. The molecular weight excluding hydrogens is 492 g/mol. The minimum atomic E-state index is -3.80. The summed E-state index contributed by atoms with van der Waals surface area (Å²) in [6, 6.07) is 21.1. The van der Waals surface area contributed by atoms with Crippen LogP contribution in [0.3, 0.4) is 0 Å². The molecule has 0 aliphatic carbocycles. The highest BCUT2D eigenvalue weighted by Crippen LogP contribution is 2.25. The highest BCUT2D eigenvalue weighted by atomic mass is 79.9. The van der Waals surface area contributed by atoms with Gasteiger partial charge in [0.1, 0.15) is 6.34 Å². The van der Waals surface area contributed by atoms with Gasteiger partial charge in [-0.3, -0.25) is 0 Å². The Balaban J connectivity index is 2.05. The highest BCUT2D eigenvalue weighted by molar-refractivity contribution is 9.10. The van der Waals surface area contributed by atoms with Crippen molar-refractivity contribution in [1.29, 1.82) is 0 Å². The predicted molar refractivity (Wildman–Crippen MR) is 117 cm³/mol. The van der Waals surface area contributed by atoms with Crippen molar-refractivity contribution in [3.05, 3.63) is 87.3 Å². The second kappa shape index (κ2) is 8.37. The van der Waals surface area contributed by atoms with E-state index in [0.717, 1.165) is 14.5 Å². The van der Waals surface area contributed by atoms with Gasteiger partial charge in [-0.15, -0.1) is 0 Å². The van der Waals surface area contributed by atoms with E-state index in [9.17, 15) is 8.42 Å². The fourth-order valence-electron chi connectivity index (χ4n) is 2.33. The third-order valence-electron chi connectivity index (χ3n) is 3.80. The quantitative estimate of drug-likeness (QED) is 0.310. The maximum Gasteiger partial charge on any atom is 0.269 e. The number of halogens is 2. The topological polar surface area (TPSA) is 49.7 Å². The molecule has 0 radical (unpaired) electrons. The molecule has 3 aromatic rings. The second-order valence-electron chi connectivity index (χ2n) is 5.81. The van der Waals surface area contributed by atoms with Crippen LogP contribution in [0.25, 0.3) is 0 Å². The molecule has 0 aliphatic heterocycles. The second-order valence-corrected chi connectivity index (χ2v) is 9.46. The lowest BCUT2D eigenvalue weighted by Crippen LogP contribution is -2.29. The molecule has 0 saturated carbocycles. The number of anilines is 1. The Morgan fingerprint density at radius 2 is 1.33 bits per heavy atom. The zero-order valence-electron chi connectivity index (χ0n) is 14.4. The SMILES string of the molecule is Cc1ccc(S(=O)(=O)N(C=Nc2ccc(Br)cc2)c2ccc(Br)cc2)cc1. The molecule has 3 rings (SSSR count). The fraction of sp³-hybridized carbons (Fsp3) is 0.0500. The van der Waals surface area contributed by atoms with E-state index in [4.69, 9.17) is 0 Å². The fourth-order valence-corrected chi connectivity index (χ4v) is 4.13. The van der Waals surface area contributed by atoms with Gasteiger partial charge in [-0.1, -0.05) is 49.6 Å². The van der Waals surface area contributed by atoms with E-state index in [2.05, 4.69) is 36.9 Å². The van der Waals surface area contributed by atoms with Gasteiger partial charge in [-0.05, 0) is 67.6 Å². The van der Waals surface area contributed by atoms with E-state index in [1.54, 1.807) is 60.7 Å². The first-order chi connectivity index (χ1) is 12.9. The summed E-state index contributed by atoms with van der Waals surface area (Å²) in [7, 11) is -3.80. The molecule has 0 saturated heterocycles.